The summed E-state index contributed by atoms with van der Waals surface area (Å²) in [5.41, 5.74) is 7.53. The topological polar surface area (TPSA) is 181 Å². The SMILES string of the molecule is COc1ccc(CS(=O)(=O)[C@@H]2C[C@@H](C(O)N[C@@H](C(C)C)[C@H](O)C(F)(F)F)N(C(=O)[C@@H](N)Cc3ccc(CNC(=O)OC(C)(C)C)cc3)C2)cc1. The van der Waals surface area contributed by atoms with Crippen LogP contribution < -0.4 is 21.1 Å². The number of amides is 2. The van der Waals surface area contributed by atoms with Crippen molar-refractivity contribution in [3.63, 3.8) is 0 Å². The predicted octanol–water partition coefficient (Wildman–Crippen LogP) is 3.03. The van der Waals surface area contributed by atoms with Crippen molar-refractivity contribution < 1.29 is 50.9 Å². The van der Waals surface area contributed by atoms with Gasteiger partial charge in [-0.05, 0) is 68.4 Å². The van der Waals surface area contributed by atoms with Crippen LogP contribution in [0.5, 0.6) is 5.75 Å². The Bertz CT molecular complexity index is 1530. The Morgan fingerprint density at radius 3 is 2.08 bits per heavy atom. The molecule has 12 nitrogen and oxygen atoms in total. The molecule has 2 amide bonds. The number of alkyl halides is 3. The molecule has 1 heterocycles. The third-order valence-electron chi connectivity index (χ3n) is 8.38. The summed E-state index contributed by atoms with van der Waals surface area (Å²) in [4.78, 5) is 26.9. The Labute approximate surface area is 291 Å². The maximum absolute atomic E-state index is 13.8. The Morgan fingerprint density at radius 2 is 1.56 bits per heavy atom. The molecule has 0 spiro atoms. The largest absolute Gasteiger partial charge is 0.497 e. The van der Waals surface area contributed by atoms with Gasteiger partial charge in [-0.1, -0.05) is 50.2 Å². The van der Waals surface area contributed by atoms with E-state index in [1.165, 1.54) is 21.0 Å². The number of aliphatic hydroxyl groups excluding tert-OH is 2. The maximum atomic E-state index is 13.8. The molecule has 0 bridgehead atoms. The highest BCUT2D eigenvalue weighted by atomic mass is 32.2. The summed E-state index contributed by atoms with van der Waals surface area (Å²) in [5, 5.41) is 25.1. The second kappa shape index (κ2) is 16.7. The Hall–Kier alpha value is -3.44. The molecule has 1 aliphatic heterocycles. The summed E-state index contributed by atoms with van der Waals surface area (Å²) < 4.78 is 78.0. The summed E-state index contributed by atoms with van der Waals surface area (Å²) in [6, 6.07) is 9.15. The summed E-state index contributed by atoms with van der Waals surface area (Å²) in [5.74, 6) is -1.36. The van der Waals surface area contributed by atoms with Gasteiger partial charge in [0.05, 0.1) is 30.2 Å². The van der Waals surface area contributed by atoms with Crippen molar-refractivity contribution in [2.75, 3.05) is 13.7 Å². The number of hydrogen-bond acceptors (Lipinski definition) is 10. The van der Waals surface area contributed by atoms with E-state index in [1.54, 1.807) is 69.3 Å². The van der Waals surface area contributed by atoms with Crippen LogP contribution in [0, 0.1) is 5.92 Å². The molecule has 1 aliphatic rings. The van der Waals surface area contributed by atoms with Crippen molar-refractivity contribution in [3.8, 4) is 5.75 Å². The smallest absolute Gasteiger partial charge is 0.415 e. The Balaban J connectivity index is 1.80. The number of sulfone groups is 1. The summed E-state index contributed by atoms with van der Waals surface area (Å²) >= 11 is 0. The van der Waals surface area contributed by atoms with Gasteiger partial charge >= 0.3 is 12.3 Å². The number of methoxy groups -OCH3 is 1. The van der Waals surface area contributed by atoms with Crippen molar-refractivity contribution in [2.45, 2.75) is 107 Å². The molecule has 6 N–H and O–H groups in total. The quantitative estimate of drug-likeness (QED) is 0.182. The van der Waals surface area contributed by atoms with E-state index >= 15 is 0 Å². The highest BCUT2D eigenvalue weighted by Gasteiger charge is 2.49. The lowest BCUT2D eigenvalue weighted by atomic mass is 9.97. The molecule has 0 saturated carbocycles. The Morgan fingerprint density at radius 1 is 1.00 bits per heavy atom. The standard InChI is InChI=1S/C34H49F3N4O8S/c1-20(2)28(29(42)34(35,36)37)40-30(43)27-16-25(50(46,47)19-23-11-13-24(48-6)14-12-23)18-41(27)31(44)26(38)15-21-7-9-22(10-8-21)17-39-32(45)49-33(3,4)5/h7-14,20,25-30,40,42-43H,15-19,38H2,1-6H3,(H,39,45)/t25-,26+,27+,28+,29+,30?/m1/s1. The first-order valence-corrected chi connectivity index (χ1v) is 18.0. The van der Waals surface area contributed by atoms with Crippen molar-refractivity contribution in [1.29, 1.82) is 0 Å². The maximum Gasteiger partial charge on any atom is 0.415 e. The first-order chi connectivity index (χ1) is 23.1. The van der Waals surface area contributed by atoms with Gasteiger partial charge in [-0.2, -0.15) is 13.2 Å². The molecule has 280 valence electrons. The van der Waals surface area contributed by atoms with E-state index in [-0.39, 0.29) is 31.7 Å². The fourth-order valence-corrected chi connectivity index (χ4v) is 7.48. The minimum atomic E-state index is -5.00. The molecular weight excluding hydrogens is 681 g/mol. The van der Waals surface area contributed by atoms with E-state index in [1.807, 2.05) is 0 Å². The van der Waals surface area contributed by atoms with Gasteiger partial charge in [0.25, 0.3) is 0 Å². The van der Waals surface area contributed by atoms with E-state index in [9.17, 15) is 41.4 Å². The van der Waals surface area contributed by atoms with Crippen molar-refractivity contribution in [3.05, 3.63) is 65.2 Å². The fourth-order valence-electron chi connectivity index (χ4n) is 5.71. The minimum Gasteiger partial charge on any atom is -0.497 e. The lowest BCUT2D eigenvalue weighted by Gasteiger charge is -2.36. The number of alkyl carbamates (subject to hydrolysis) is 1. The van der Waals surface area contributed by atoms with Crippen LogP contribution in [0.4, 0.5) is 18.0 Å². The molecule has 0 radical (unpaired) electrons. The lowest BCUT2D eigenvalue weighted by molar-refractivity contribution is -0.218. The van der Waals surface area contributed by atoms with Gasteiger partial charge in [-0.3, -0.25) is 10.1 Å². The monoisotopic (exact) mass is 730 g/mol. The second-order valence-corrected chi connectivity index (χ2v) is 16.2. The number of carbonyl (C=O) groups is 2. The van der Waals surface area contributed by atoms with Crippen LogP contribution in [0.25, 0.3) is 0 Å². The predicted molar refractivity (Wildman–Crippen MR) is 181 cm³/mol. The Kier molecular flexibility index (Phi) is 13.7. The van der Waals surface area contributed by atoms with Crippen LogP contribution in [-0.2, 0) is 38.1 Å². The molecule has 0 aliphatic carbocycles. The number of ether oxygens (including phenoxy) is 2. The van der Waals surface area contributed by atoms with Crippen LogP contribution in [0.3, 0.4) is 0 Å². The van der Waals surface area contributed by atoms with Gasteiger partial charge in [-0.25, -0.2) is 13.2 Å². The second-order valence-electron chi connectivity index (χ2n) is 13.9. The highest BCUT2D eigenvalue weighted by molar-refractivity contribution is 7.91. The van der Waals surface area contributed by atoms with Gasteiger partial charge in [0.1, 0.15) is 17.6 Å². The summed E-state index contributed by atoms with van der Waals surface area (Å²) in [6.45, 7) is 7.92. The van der Waals surface area contributed by atoms with Crippen LogP contribution in [0.15, 0.2) is 48.5 Å². The van der Waals surface area contributed by atoms with E-state index in [0.29, 0.717) is 16.9 Å². The summed E-state index contributed by atoms with van der Waals surface area (Å²) in [6.07, 6.45) is -10.5. The molecule has 1 fully saturated rings. The van der Waals surface area contributed by atoms with Crippen molar-refractivity contribution >= 4 is 21.8 Å². The van der Waals surface area contributed by atoms with Gasteiger partial charge in [0.15, 0.2) is 15.9 Å². The van der Waals surface area contributed by atoms with E-state index in [2.05, 4.69) is 10.6 Å². The number of rotatable bonds is 14. The molecule has 6 atom stereocenters. The minimum absolute atomic E-state index is 0.0238. The molecule has 50 heavy (non-hydrogen) atoms. The van der Waals surface area contributed by atoms with Crippen molar-refractivity contribution in [1.82, 2.24) is 15.5 Å². The summed E-state index contributed by atoms with van der Waals surface area (Å²) in [7, 11) is -2.47. The third-order valence-corrected chi connectivity index (χ3v) is 10.5. The van der Waals surface area contributed by atoms with E-state index in [0.717, 1.165) is 10.5 Å². The highest BCUT2D eigenvalue weighted by Crippen LogP contribution is 2.31. The molecule has 0 aromatic heterocycles. The number of nitrogens with zero attached hydrogens (tertiary/aromatic N) is 1. The number of likely N-dealkylation sites (tertiary alicyclic amines) is 1. The van der Waals surface area contributed by atoms with Gasteiger partial charge in [0, 0.05) is 19.1 Å². The van der Waals surface area contributed by atoms with E-state index in [4.69, 9.17) is 15.2 Å². The number of nitrogens with one attached hydrogen (secondary N) is 2. The number of nitrogens with two attached hydrogens (primary N) is 1. The number of halogens is 3. The average Bonchev–Trinajstić information content (AvgIpc) is 3.48. The normalized spacial score (nSPS) is 19.5. The first kappa shape index (κ1) is 41.0. The number of hydrogen-bond donors (Lipinski definition) is 5. The molecular formula is C34H49F3N4O8S. The number of aliphatic hydroxyl groups is 2. The number of benzene rings is 2. The molecule has 2 aromatic rings. The zero-order chi connectivity index (χ0) is 37.6. The van der Waals surface area contributed by atoms with Crippen LogP contribution in [0.1, 0.15) is 57.7 Å². The average molecular weight is 731 g/mol. The lowest BCUT2D eigenvalue weighted by Crippen LogP contribution is -2.60. The molecule has 1 unspecified atom stereocenters. The molecule has 16 heteroatoms. The van der Waals surface area contributed by atoms with Crippen LogP contribution in [0.2, 0.25) is 0 Å². The zero-order valence-electron chi connectivity index (χ0n) is 29.1. The zero-order valence-corrected chi connectivity index (χ0v) is 29.9. The van der Waals surface area contributed by atoms with Gasteiger partial charge in [-0.15, -0.1) is 0 Å². The first-order valence-electron chi connectivity index (χ1n) is 16.3. The number of carbonyl (C=O) groups excluding carboxylic acids is 2. The van der Waals surface area contributed by atoms with Gasteiger partial charge < -0.3 is 35.6 Å². The van der Waals surface area contributed by atoms with Crippen LogP contribution in [-0.4, -0.2) is 96.7 Å². The van der Waals surface area contributed by atoms with Crippen molar-refractivity contribution in [2.24, 2.45) is 11.7 Å². The van der Waals surface area contributed by atoms with Crippen LogP contribution >= 0.6 is 0 Å². The van der Waals surface area contributed by atoms with E-state index < -0.39 is 75.2 Å². The van der Waals surface area contributed by atoms with Gasteiger partial charge in [0.2, 0.25) is 5.91 Å². The molecule has 1 saturated heterocycles. The molecule has 2 aromatic carbocycles. The molecule has 3 rings (SSSR count). The third kappa shape index (κ3) is 11.5. The fraction of sp³-hybridized carbons (Fsp3) is 0.588.